The number of hydrogen-bond acceptors (Lipinski definition) is 1. The first-order valence-corrected chi connectivity index (χ1v) is 5.37. The molecule has 0 aromatic heterocycles. The molecule has 0 atom stereocenters. The Morgan fingerprint density at radius 2 is 2.08 bits per heavy atom. The van der Waals surface area contributed by atoms with E-state index in [9.17, 15) is 0 Å². The minimum absolute atomic E-state index is 1.20. The van der Waals surface area contributed by atoms with Crippen molar-refractivity contribution in [3.63, 3.8) is 0 Å². The van der Waals surface area contributed by atoms with Gasteiger partial charge in [-0.15, -0.1) is 11.8 Å². The molecule has 0 nitrogen and oxygen atoms in total. The number of benzene rings is 1. The van der Waals surface area contributed by atoms with Crippen LogP contribution in [-0.4, -0.2) is 5.75 Å². The molecule has 0 unspecified atom stereocenters. The predicted octanol–water partition coefficient (Wildman–Crippen LogP) is 3.09. The van der Waals surface area contributed by atoms with Gasteiger partial charge >= 0.3 is 0 Å². The Kier molecular flexibility index (Phi) is 1.36. The highest BCUT2D eigenvalue weighted by Gasteiger charge is 2.24. The smallest absolute Gasteiger partial charge is 0.00434 e. The summed E-state index contributed by atoms with van der Waals surface area (Å²) in [6, 6.07) is 8.82. The number of rotatable bonds is 0. The van der Waals surface area contributed by atoms with Crippen LogP contribution < -0.4 is 0 Å². The van der Waals surface area contributed by atoms with Gasteiger partial charge < -0.3 is 0 Å². The van der Waals surface area contributed by atoms with E-state index in [0.29, 0.717) is 0 Å². The van der Waals surface area contributed by atoms with Gasteiger partial charge in [0.25, 0.3) is 0 Å². The van der Waals surface area contributed by atoms with Crippen LogP contribution in [0.1, 0.15) is 17.5 Å². The second-order valence-electron chi connectivity index (χ2n) is 3.33. The van der Waals surface area contributed by atoms with Crippen LogP contribution in [0.15, 0.2) is 29.2 Å². The van der Waals surface area contributed by atoms with Crippen molar-refractivity contribution in [3.8, 4) is 0 Å². The fourth-order valence-corrected chi connectivity index (χ4v) is 3.28. The lowest BCUT2D eigenvalue weighted by Crippen LogP contribution is -1.85. The molecule has 0 radical (unpaired) electrons. The largest absolute Gasteiger partial charge is 0.130 e. The van der Waals surface area contributed by atoms with Gasteiger partial charge in [0, 0.05) is 12.2 Å². The molecule has 0 saturated carbocycles. The van der Waals surface area contributed by atoms with Gasteiger partial charge in [-0.1, -0.05) is 24.3 Å². The van der Waals surface area contributed by atoms with E-state index in [1.54, 1.807) is 10.5 Å². The van der Waals surface area contributed by atoms with Crippen LogP contribution in [0, 0.1) is 0 Å². The van der Waals surface area contributed by atoms with E-state index < -0.39 is 0 Å². The van der Waals surface area contributed by atoms with Crippen LogP contribution in [0.3, 0.4) is 0 Å². The van der Waals surface area contributed by atoms with Crippen molar-refractivity contribution in [2.24, 2.45) is 0 Å². The van der Waals surface area contributed by atoms with Crippen LogP contribution in [0.5, 0.6) is 0 Å². The molecule has 0 bridgehead atoms. The lowest BCUT2D eigenvalue weighted by atomic mass is 10.0. The first-order valence-electron chi connectivity index (χ1n) is 4.38. The van der Waals surface area contributed by atoms with E-state index in [1.165, 1.54) is 29.7 Å². The molecule has 1 aromatic rings. The molecule has 0 N–H and O–H groups in total. The normalized spacial score (nSPS) is 19.7. The van der Waals surface area contributed by atoms with Gasteiger partial charge in [0.1, 0.15) is 0 Å². The van der Waals surface area contributed by atoms with Crippen LogP contribution in [0.2, 0.25) is 0 Å². The average Bonchev–Trinajstić information content (AvgIpc) is 2.62. The summed E-state index contributed by atoms with van der Waals surface area (Å²) in [4.78, 5) is 1.64. The first-order chi connectivity index (χ1) is 5.95. The van der Waals surface area contributed by atoms with E-state index in [-0.39, 0.29) is 0 Å². The van der Waals surface area contributed by atoms with E-state index in [2.05, 4.69) is 24.3 Å². The van der Waals surface area contributed by atoms with Crippen molar-refractivity contribution in [2.75, 3.05) is 5.75 Å². The van der Waals surface area contributed by atoms with Gasteiger partial charge in [0.2, 0.25) is 0 Å². The second-order valence-corrected chi connectivity index (χ2v) is 4.52. The zero-order valence-corrected chi connectivity index (χ0v) is 7.66. The highest BCUT2D eigenvalue weighted by atomic mass is 32.2. The van der Waals surface area contributed by atoms with Gasteiger partial charge in [-0.3, -0.25) is 0 Å². The van der Waals surface area contributed by atoms with E-state index in [4.69, 9.17) is 0 Å². The summed E-state index contributed by atoms with van der Waals surface area (Å²) in [5.41, 5.74) is 4.70. The summed E-state index contributed by atoms with van der Waals surface area (Å²) in [6.45, 7) is 0. The fourth-order valence-electron chi connectivity index (χ4n) is 2.09. The van der Waals surface area contributed by atoms with Crippen LogP contribution in [0.25, 0.3) is 5.57 Å². The Morgan fingerprint density at radius 1 is 1.17 bits per heavy atom. The van der Waals surface area contributed by atoms with Crippen molar-refractivity contribution < 1.29 is 0 Å². The molecule has 2 aliphatic rings. The Balaban J connectivity index is 2.18. The van der Waals surface area contributed by atoms with E-state index >= 15 is 0 Å². The van der Waals surface area contributed by atoms with Crippen LogP contribution in [-0.2, 0) is 6.42 Å². The van der Waals surface area contributed by atoms with Crippen LogP contribution >= 0.6 is 11.8 Å². The molecule has 1 aliphatic heterocycles. The third-order valence-corrected chi connectivity index (χ3v) is 3.81. The molecule has 1 heteroatoms. The Bertz CT molecular complexity index is 363. The lowest BCUT2D eigenvalue weighted by molar-refractivity contribution is 1.27. The minimum atomic E-state index is 1.20. The Labute approximate surface area is 76.7 Å². The van der Waals surface area contributed by atoms with Crippen LogP contribution in [0.4, 0.5) is 0 Å². The Morgan fingerprint density at radius 3 is 3.08 bits per heavy atom. The van der Waals surface area contributed by atoms with Gasteiger partial charge in [-0.05, 0) is 28.0 Å². The summed E-state index contributed by atoms with van der Waals surface area (Å²) in [6.07, 6.45) is 2.49. The molecule has 0 fully saturated rings. The molecule has 0 amide bonds. The average molecular weight is 174 g/mol. The van der Waals surface area contributed by atoms with Gasteiger partial charge in [0.15, 0.2) is 0 Å². The standard InChI is InChI=1S/C11H10S/c1-2-4-9-8(3-1)7-11-10(9)5-6-12-11/h1-4H,5-7H2. The van der Waals surface area contributed by atoms with Gasteiger partial charge in [0.05, 0.1) is 0 Å². The molecule has 1 heterocycles. The monoisotopic (exact) mass is 174 g/mol. The highest BCUT2D eigenvalue weighted by Crippen LogP contribution is 2.45. The van der Waals surface area contributed by atoms with Crippen molar-refractivity contribution >= 4 is 17.3 Å². The van der Waals surface area contributed by atoms with E-state index in [0.717, 1.165) is 0 Å². The molecule has 1 aliphatic carbocycles. The van der Waals surface area contributed by atoms with Crippen molar-refractivity contribution in [1.82, 2.24) is 0 Å². The van der Waals surface area contributed by atoms with Crippen molar-refractivity contribution in [3.05, 3.63) is 40.3 Å². The topological polar surface area (TPSA) is 0 Å². The number of allylic oxidation sites excluding steroid dienone is 2. The van der Waals surface area contributed by atoms with Gasteiger partial charge in [-0.2, -0.15) is 0 Å². The maximum absolute atomic E-state index is 2.27. The van der Waals surface area contributed by atoms with Gasteiger partial charge in [-0.25, -0.2) is 0 Å². The fraction of sp³-hybridized carbons (Fsp3) is 0.273. The molecule has 3 rings (SSSR count). The number of thioether (sulfide) groups is 1. The predicted molar refractivity (Wildman–Crippen MR) is 54.1 cm³/mol. The second kappa shape index (κ2) is 2.40. The zero-order chi connectivity index (χ0) is 7.97. The first kappa shape index (κ1) is 6.79. The zero-order valence-electron chi connectivity index (χ0n) is 6.84. The van der Waals surface area contributed by atoms with E-state index in [1.807, 2.05) is 11.8 Å². The summed E-state index contributed by atoms with van der Waals surface area (Å²) in [5, 5.41) is 0. The Hall–Kier alpha value is -0.690. The molecule has 0 spiro atoms. The summed E-state index contributed by atoms with van der Waals surface area (Å²) in [7, 11) is 0. The molecule has 60 valence electrons. The molecule has 0 saturated heterocycles. The third kappa shape index (κ3) is 0.802. The molecular weight excluding hydrogens is 164 g/mol. The molecular formula is C11H10S. The lowest BCUT2D eigenvalue weighted by Gasteiger charge is -2.01. The third-order valence-electron chi connectivity index (χ3n) is 2.66. The maximum Gasteiger partial charge on any atom is 0.00434 e. The summed E-state index contributed by atoms with van der Waals surface area (Å²) < 4.78 is 0. The quantitative estimate of drug-likeness (QED) is 0.582. The highest BCUT2D eigenvalue weighted by molar-refractivity contribution is 8.03. The maximum atomic E-state index is 2.27. The van der Waals surface area contributed by atoms with Crippen molar-refractivity contribution in [2.45, 2.75) is 12.8 Å². The summed E-state index contributed by atoms with van der Waals surface area (Å²) >= 11 is 2.05. The minimum Gasteiger partial charge on any atom is -0.130 e. The number of hydrogen-bond donors (Lipinski definition) is 0. The van der Waals surface area contributed by atoms with Crippen molar-refractivity contribution in [1.29, 1.82) is 0 Å². The number of fused-ring (bicyclic) bond motifs is 2. The SMILES string of the molecule is c1ccc2c(c1)CC1=C2CCS1. The molecule has 1 aromatic carbocycles. The summed E-state index contributed by atoms with van der Waals surface area (Å²) in [5.74, 6) is 1.30. The molecule has 12 heavy (non-hydrogen) atoms.